The first-order chi connectivity index (χ1) is 13.5. The van der Waals surface area contributed by atoms with E-state index >= 15 is 0 Å². The molecular weight excluding hydrogens is 358 g/mol. The van der Waals surface area contributed by atoms with Crippen LogP contribution in [0.4, 0.5) is 10.5 Å². The van der Waals surface area contributed by atoms with E-state index in [-0.39, 0.29) is 11.6 Å². The first-order valence-electron chi connectivity index (χ1n) is 8.94. The number of ether oxygens (including phenoxy) is 2. The number of aromatic amines is 1. The highest BCUT2D eigenvalue weighted by Gasteiger charge is 2.15. The van der Waals surface area contributed by atoms with Crippen LogP contribution in [0.1, 0.15) is 12.5 Å². The van der Waals surface area contributed by atoms with Gasteiger partial charge in [0.2, 0.25) is 5.56 Å². The number of nitrogens with zero attached hydrogens (tertiary/aromatic N) is 1. The molecule has 7 nitrogen and oxygen atoms in total. The molecular formula is C21H23N3O4. The molecule has 0 saturated carbocycles. The molecule has 2 amide bonds. The van der Waals surface area contributed by atoms with E-state index < -0.39 is 0 Å². The molecule has 3 rings (SSSR count). The zero-order chi connectivity index (χ0) is 20.1. The molecule has 0 saturated heterocycles. The van der Waals surface area contributed by atoms with Gasteiger partial charge in [-0.15, -0.1) is 0 Å². The predicted molar refractivity (Wildman–Crippen MR) is 109 cm³/mol. The maximum atomic E-state index is 12.8. The zero-order valence-electron chi connectivity index (χ0n) is 16.1. The van der Waals surface area contributed by atoms with Gasteiger partial charge in [-0.3, -0.25) is 4.79 Å². The van der Waals surface area contributed by atoms with Gasteiger partial charge in [-0.1, -0.05) is 18.2 Å². The Bertz CT molecular complexity index is 1020. The first kappa shape index (κ1) is 19.3. The second-order valence-electron chi connectivity index (χ2n) is 6.25. The fourth-order valence-electron chi connectivity index (χ4n) is 3.02. The van der Waals surface area contributed by atoms with E-state index in [1.165, 1.54) is 6.07 Å². The largest absolute Gasteiger partial charge is 0.497 e. The average Bonchev–Trinajstić information content (AvgIpc) is 2.71. The van der Waals surface area contributed by atoms with Crippen molar-refractivity contribution in [2.75, 3.05) is 26.1 Å². The van der Waals surface area contributed by atoms with Gasteiger partial charge in [0.25, 0.3) is 0 Å². The Morgan fingerprint density at radius 3 is 2.39 bits per heavy atom. The maximum absolute atomic E-state index is 12.8. The third-order valence-electron chi connectivity index (χ3n) is 4.47. The van der Waals surface area contributed by atoms with Crippen LogP contribution in [0.3, 0.4) is 0 Å². The third kappa shape index (κ3) is 4.25. The quantitative estimate of drug-likeness (QED) is 0.683. The summed E-state index contributed by atoms with van der Waals surface area (Å²) in [5.41, 5.74) is 1.91. The normalized spacial score (nSPS) is 10.5. The van der Waals surface area contributed by atoms with Crippen LogP contribution in [0.2, 0.25) is 0 Å². The highest BCUT2D eigenvalue weighted by atomic mass is 16.5. The van der Waals surface area contributed by atoms with E-state index in [1.54, 1.807) is 37.3 Å². The number of benzene rings is 2. The standard InChI is InChI=1S/C21H23N3O4/c1-4-24(13-14-9-20(25)23-19-8-6-5-7-18(14)19)21(26)22-15-10-16(27-2)12-17(11-15)28-3/h5-12H,4,13H2,1-3H3,(H,22,26)(H,23,25). The zero-order valence-corrected chi connectivity index (χ0v) is 16.1. The van der Waals surface area contributed by atoms with E-state index in [9.17, 15) is 9.59 Å². The Labute approximate surface area is 162 Å². The number of hydrogen-bond donors (Lipinski definition) is 2. The molecule has 0 unspecified atom stereocenters. The van der Waals surface area contributed by atoms with E-state index in [1.807, 2.05) is 31.2 Å². The van der Waals surface area contributed by atoms with E-state index in [2.05, 4.69) is 10.3 Å². The molecule has 2 N–H and O–H groups in total. The molecule has 0 radical (unpaired) electrons. The molecule has 28 heavy (non-hydrogen) atoms. The molecule has 0 atom stereocenters. The molecule has 0 bridgehead atoms. The summed E-state index contributed by atoms with van der Waals surface area (Å²) >= 11 is 0. The van der Waals surface area contributed by atoms with Gasteiger partial charge in [0.1, 0.15) is 11.5 Å². The number of fused-ring (bicyclic) bond motifs is 1. The van der Waals surface area contributed by atoms with Crippen molar-refractivity contribution in [3.05, 3.63) is 64.4 Å². The van der Waals surface area contributed by atoms with Gasteiger partial charge in [-0.25, -0.2) is 4.79 Å². The van der Waals surface area contributed by atoms with Gasteiger partial charge in [-0.05, 0) is 18.6 Å². The summed E-state index contributed by atoms with van der Waals surface area (Å²) in [5.74, 6) is 1.16. The second-order valence-corrected chi connectivity index (χ2v) is 6.25. The summed E-state index contributed by atoms with van der Waals surface area (Å²) in [4.78, 5) is 29.2. The highest BCUT2D eigenvalue weighted by molar-refractivity contribution is 5.90. The predicted octanol–water partition coefficient (Wildman–Crippen LogP) is 3.60. The lowest BCUT2D eigenvalue weighted by Gasteiger charge is -2.22. The first-order valence-corrected chi connectivity index (χ1v) is 8.94. The van der Waals surface area contributed by atoms with Crippen molar-refractivity contribution in [3.63, 3.8) is 0 Å². The number of urea groups is 1. The minimum absolute atomic E-state index is 0.192. The summed E-state index contributed by atoms with van der Waals surface area (Å²) in [6, 6.07) is 14.0. The highest BCUT2D eigenvalue weighted by Crippen LogP contribution is 2.26. The van der Waals surface area contributed by atoms with Crippen molar-refractivity contribution in [2.45, 2.75) is 13.5 Å². The number of carbonyl (C=O) groups is 1. The summed E-state index contributed by atoms with van der Waals surface area (Å²) in [6.45, 7) is 2.68. The minimum atomic E-state index is -0.276. The van der Waals surface area contributed by atoms with Crippen molar-refractivity contribution in [1.29, 1.82) is 0 Å². The number of anilines is 1. The Hall–Kier alpha value is -3.48. The van der Waals surface area contributed by atoms with Gasteiger partial charge in [0, 0.05) is 53.9 Å². The number of para-hydroxylation sites is 1. The topological polar surface area (TPSA) is 83.7 Å². The molecule has 0 aliphatic heterocycles. The van der Waals surface area contributed by atoms with Gasteiger partial charge in [0.15, 0.2) is 0 Å². The summed E-state index contributed by atoms with van der Waals surface area (Å²) in [5, 5.41) is 3.78. The molecule has 7 heteroatoms. The molecule has 0 aliphatic rings. The van der Waals surface area contributed by atoms with Crippen molar-refractivity contribution < 1.29 is 14.3 Å². The number of carbonyl (C=O) groups excluding carboxylic acids is 1. The molecule has 0 aliphatic carbocycles. The van der Waals surface area contributed by atoms with Crippen LogP contribution in [0.25, 0.3) is 10.9 Å². The number of pyridine rings is 1. The van der Waals surface area contributed by atoms with Crippen LogP contribution in [-0.4, -0.2) is 36.7 Å². The van der Waals surface area contributed by atoms with Crippen molar-refractivity contribution in [1.82, 2.24) is 9.88 Å². The third-order valence-corrected chi connectivity index (χ3v) is 4.47. The molecule has 0 fully saturated rings. The number of aromatic nitrogens is 1. The van der Waals surface area contributed by atoms with Gasteiger partial charge in [-0.2, -0.15) is 0 Å². The summed E-state index contributed by atoms with van der Waals surface area (Å²) in [7, 11) is 3.10. The summed E-state index contributed by atoms with van der Waals surface area (Å²) in [6.07, 6.45) is 0. The summed E-state index contributed by atoms with van der Waals surface area (Å²) < 4.78 is 10.5. The van der Waals surface area contributed by atoms with Crippen LogP contribution in [0.5, 0.6) is 11.5 Å². The molecule has 3 aromatic rings. The van der Waals surface area contributed by atoms with Crippen LogP contribution in [0.15, 0.2) is 53.3 Å². The van der Waals surface area contributed by atoms with Gasteiger partial charge in [0.05, 0.1) is 14.2 Å². The van der Waals surface area contributed by atoms with E-state index in [0.717, 1.165) is 16.5 Å². The Morgan fingerprint density at radius 1 is 1.07 bits per heavy atom. The van der Waals surface area contributed by atoms with Crippen molar-refractivity contribution in [2.24, 2.45) is 0 Å². The van der Waals surface area contributed by atoms with Crippen LogP contribution in [-0.2, 0) is 6.54 Å². The van der Waals surface area contributed by atoms with Gasteiger partial charge < -0.3 is 24.7 Å². The molecule has 1 aromatic heterocycles. The number of hydrogen-bond acceptors (Lipinski definition) is 4. The SMILES string of the molecule is CCN(Cc1cc(=O)[nH]c2ccccc12)C(=O)Nc1cc(OC)cc(OC)c1. The van der Waals surface area contributed by atoms with E-state index in [0.29, 0.717) is 30.3 Å². The smallest absolute Gasteiger partial charge is 0.322 e. The average molecular weight is 381 g/mol. The van der Waals surface area contributed by atoms with Crippen LogP contribution >= 0.6 is 0 Å². The fraction of sp³-hybridized carbons (Fsp3) is 0.238. The lowest BCUT2D eigenvalue weighted by Crippen LogP contribution is -2.34. The second kappa shape index (κ2) is 8.47. The lowest BCUT2D eigenvalue weighted by molar-refractivity contribution is 0.212. The Balaban J connectivity index is 1.85. The molecule has 2 aromatic carbocycles. The Kier molecular flexibility index (Phi) is 5.84. The number of amides is 2. The number of nitrogens with one attached hydrogen (secondary N) is 2. The lowest BCUT2D eigenvalue weighted by atomic mass is 10.1. The fourth-order valence-corrected chi connectivity index (χ4v) is 3.02. The van der Waals surface area contributed by atoms with Gasteiger partial charge >= 0.3 is 6.03 Å². The molecule has 146 valence electrons. The van der Waals surface area contributed by atoms with Crippen LogP contribution < -0.4 is 20.3 Å². The Morgan fingerprint density at radius 2 is 1.75 bits per heavy atom. The number of rotatable bonds is 6. The van der Waals surface area contributed by atoms with Crippen LogP contribution in [0, 0.1) is 0 Å². The minimum Gasteiger partial charge on any atom is -0.497 e. The maximum Gasteiger partial charge on any atom is 0.322 e. The number of methoxy groups -OCH3 is 2. The monoisotopic (exact) mass is 381 g/mol. The van der Waals surface area contributed by atoms with Crippen molar-refractivity contribution >= 4 is 22.6 Å². The molecule has 1 heterocycles. The molecule has 0 spiro atoms. The van der Waals surface area contributed by atoms with E-state index in [4.69, 9.17) is 9.47 Å². The van der Waals surface area contributed by atoms with Crippen molar-refractivity contribution in [3.8, 4) is 11.5 Å². The number of H-pyrrole nitrogens is 1.